The number of carbonyl (C=O) groups is 3. The molecule has 37 heavy (non-hydrogen) atoms. The number of aliphatic hydroxyl groups excluding tert-OH is 1. The number of hydrogen-bond acceptors (Lipinski definition) is 8. The van der Waals surface area contributed by atoms with E-state index in [0.717, 1.165) is 22.2 Å². The highest BCUT2D eigenvalue weighted by Crippen LogP contribution is 2.34. The monoisotopic (exact) mass is 503 g/mol. The second-order valence-corrected chi connectivity index (χ2v) is 9.25. The molecule has 0 radical (unpaired) electrons. The van der Waals surface area contributed by atoms with Gasteiger partial charge in [-0.25, -0.2) is 4.79 Å². The standard InChI is InChI=1S/C27H29N5O5/c1-18-16-19(22-4-2-3-5-23(22)28-18)17-37-21-8-6-20(7-9-21)27(24(34)29-26(36)30-25(27)35)32-12-10-31(11-13-32)14-15-33/h2-9,16,33H,10-15,17H2,1H3,(H2,29,30,34,35,36). The van der Waals surface area contributed by atoms with E-state index in [2.05, 4.69) is 20.5 Å². The zero-order valence-corrected chi connectivity index (χ0v) is 20.6. The number of nitrogens with zero attached hydrogens (tertiary/aromatic N) is 3. The van der Waals surface area contributed by atoms with E-state index in [0.29, 0.717) is 50.6 Å². The number of rotatable bonds is 7. The molecule has 5 rings (SSSR count). The number of ether oxygens (including phenoxy) is 1. The lowest BCUT2D eigenvalue weighted by Crippen LogP contribution is -2.72. The molecule has 2 aliphatic rings. The third-order valence-corrected chi connectivity index (χ3v) is 6.97. The molecular weight excluding hydrogens is 474 g/mol. The van der Waals surface area contributed by atoms with Gasteiger partial charge in [0.25, 0.3) is 11.8 Å². The van der Waals surface area contributed by atoms with Crippen LogP contribution in [0.2, 0.25) is 0 Å². The highest BCUT2D eigenvalue weighted by Gasteiger charge is 2.56. The second-order valence-electron chi connectivity index (χ2n) is 9.25. The summed E-state index contributed by atoms with van der Waals surface area (Å²) >= 11 is 0. The zero-order valence-electron chi connectivity index (χ0n) is 20.6. The minimum atomic E-state index is -1.68. The average Bonchev–Trinajstić information content (AvgIpc) is 2.88. The van der Waals surface area contributed by atoms with Crippen LogP contribution in [0.4, 0.5) is 4.79 Å². The molecule has 0 unspecified atom stereocenters. The summed E-state index contributed by atoms with van der Waals surface area (Å²) in [5, 5.41) is 14.8. The minimum absolute atomic E-state index is 0.0386. The lowest BCUT2D eigenvalue weighted by molar-refractivity contribution is -0.150. The fraction of sp³-hybridized carbons (Fsp3) is 0.333. The first kappa shape index (κ1) is 24.8. The number of fused-ring (bicyclic) bond motifs is 1. The maximum Gasteiger partial charge on any atom is 0.328 e. The maximum absolute atomic E-state index is 13.3. The summed E-state index contributed by atoms with van der Waals surface area (Å²) in [6.45, 7) is 4.83. The fourth-order valence-electron chi connectivity index (χ4n) is 5.17. The Hall–Kier alpha value is -3.86. The van der Waals surface area contributed by atoms with Crippen LogP contribution < -0.4 is 15.4 Å². The Morgan fingerprint density at radius 1 is 0.973 bits per heavy atom. The van der Waals surface area contributed by atoms with Crippen LogP contribution in [0.3, 0.4) is 0 Å². The van der Waals surface area contributed by atoms with Crippen molar-refractivity contribution < 1.29 is 24.2 Å². The van der Waals surface area contributed by atoms with Crippen LogP contribution >= 0.6 is 0 Å². The highest BCUT2D eigenvalue weighted by atomic mass is 16.5. The molecule has 3 aromatic rings. The Labute approximate surface area is 214 Å². The number of para-hydroxylation sites is 1. The van der Waals surface area contributed by atoms with Gasteiger partial charge in [0.2, 0.25) is 5.54 Å². The lowest BCUT2D eigenvalue weighted by atomic mass is 9.84. The average molecular weight is 504 g/mol. The molecule has 2 fully saturated rings. The molecule has 0 saturated carbocycles. The molecule has 192 valence electrons. The Kier molecular flexibility index (Phi) is 6.88. The van der Waals surface area contributed by atoms with E-state index in [1.54, 1.807) is 29.2 Å². The predicted octanol–water partition coefficient (Wildman–Crippen LogP) is 1.29. The summed E-state index contributed by atoms with van der Waals surface area (Å²) in [4.78, 5) is 46.8. The van der Waals surface area contributed by atoms with Gasteiger partial charge in [0.05, 0.1) is 12.1 Å². The SMILES string of the molecule is Cc1cc(COc2ccc(C3(N4CCN(CCO)CC4)C(=O)NC(=O)NC3=O)cc2)c2ccccc2n1. The minimum Gasteiger partial charge on any atom is -0.489 e. The van der Waals surface area contributed by atoms with Gasteiger partial charge < -0.3 is 9.84 Å². The number of barbiturate groups is 1. The normalized spacial score (nSPS) is 18.5. The Balaban J connectivity index is 1.40. The van der Waals surface area contributed by atoms with E-state index in [-0.39, 0.29) is 6.61 Å². The fourth-order valence-corrected chi connectivity index (χ4v) is 5.17. The molecule has 0 atom stereocenters. The van der Waals surface area contributed by atoms with E-state index in [4.69, 9.17) is 4.74 Å². The number of piperazine rings is 1. The lowest BCUT2D eigenvalue weighted by Gasteiger charge is -2.46. The van der Waals surface area contributed by atoms with Crippen molar-refractivity contribution in [2.75, 3.05) is 39.3 Å². The van der Waals surface area contributed by atoms with Crippen molar-refractivity contribution in [3.8, 4) is 5.75 Å². The number of β-amino-alcohol motifs (C(OH)–C–C–N with tert-alkyl or cyclic N) is 1. The van der Waals surface area contributed by atoms with Crippen LogP contribution in [0.1, 0.15) is 16.8 Å². The molecule has 2 aliphatic heterocycles. The first-order valence-corrected chi connectivity index (χ1v) is 12.3. The second kappa shape index (κ2) is 10.3. The van der Waals surface area contributed by atoms with E-state index in [1.807, 2.05) is 37.3 Å². The molecule has 0 spiro atoms. The van der Waals surface area contributed by atoms with Crippen LogP contribution in [0.25, 0.3) is 10.9 Å². The molecule has 10 nitrogen and oxygen atoms in total. The summed E-state index contributed by atoms with van der Waals surface area (Å²) < 4.78 is 6.06. The maximum atomic E-state index is 13.3. The number of nitrogens with one attached hydrogen (secondary N) is 2. The number of urea groups is 1. The number of pyridine rings is 1. The first-order chi connectivity index (χ1) is 17.9. The van der Waals surface area contributed by atoms with Crippen LogP contribution in [0.5, 0.6) is 5.75 Å². The number of hydrogen-bond donors (Lipinski definition) is 3. The Bertz CT molecular complexity index is 1310. The van der Waals surface area contributed by atoms with Gasteiger partial charge in [-0.3, -0.25) is 35.0 Å². The molecule has 3 N–H and O–H groups in total. The summed E-state index contributed by atoms with van der Waals surface area (Å²) in [5.74, 6) is -0.772. The predicted molar refractivity (Wildman–Crippen MR) is 136 cm³/mol. The van der Waals surface area contributed by atoms with Crippen molar-refractivity contribution in [3.05, 3.63) is 71.4 Å². The van der Waals surface area contributed by atoms with Gasteiger partial charge in [0.15, 0.2) is 0 Å². The van der Waals surface area contributed by atoms with Gasteiger partial charge in [-0.15, -0.1) is 0 Å². The summed E-state index contributed by atoms with van der Waals surface area (Å²) in [6.07, 6.45) is 0. The molecule has 3 heterocycles. The summed E-state index contributed by atoms with van der Waals surface area (Å²) in [7, 11) is 0. The number of benzene rings is 2. The van der Waals surface area contributed by atoms with Gasteiger partial charge in [0, 0.05) is 49.4 Å². The van der Waals surface area contributed by atoms with Crippen LogP contribution in [-0.4, -0.2) is 77.1 Å². The van der Waals surface area contributed by atoms with Crippen LogP contribution in [0, 0.1) is 6.92 Å². The number of amides is 4. The van der Waals surface area contributed by atoms with Crippen molar-refractivity contribution in [3.63, 3.8) is 0 Å². The molecule has 2 saturated heterocycles. The van der Waals surface area contributed by atoms with Gasteiger partial charge in [0.1, 0.15) is 12.4 Å². The van der Waals surface area contributed by atoms with E-state index >= 15 is 0 Å². The van der Waals surface area contributed by atoms with Crippen molar-refractivity contribution in [1.29, 1.82) is 0 Å². The van der Waals surface area contributed by atoms with Gasteiger partial charge >= 0.3 is 6.03 Å². The Morgan fingerprint density at radius 2 is 1.65 bits per heavy atom. The smallest absolute Gasteiger partial charge is 0.328 e. The van der Waals surface area contributed by atoms with Crippen molar-refractivity contribution in [2.45, 2.75) is 19.1 Å². The topological polar surface area (TPSA) is 124 Å². The van der Waals surface area contributed by atoms with Gasteiger partial charge in [-0.05, 0) is 36.8 Å². The van der Waals surface area contributed by atoms with E-state index < -0.39 is 23.4 Å². The highest BCUT2D eigenvalue weighted by molar-refractivity contribution is 6.22. The number of aliphatic hydroxyl groups is 1. The zero-order chi connectivity index (χ0) is 26.0. The van der Waals surface area contributed by atoms with E-state index in [1.165, 1.54) is 0 Å². The number of aromatic nitrogens is 1. The third-order valence-electron chi connectivity index (χ3n) is 6.97. The van der Waals surface area contributed by atoms with Crippen molar-refractivity contribution >= 4 is 28.7 Å². The van der Waals surface area contributed by atoms with Crippen molar-refractivity contribution in [2.24, 2.45) is 0 Å². The van der Waals surface area contributed by atoms with Crippen molar-refractivity contribution in [1.82, 2.24) is 25.4 Å². The largest absolute Gasteiger partial charge is 0.489 e. The summed E-state index contributed by atoms with van der Waals surface area (Å²) in [5.41, 5.74) is 1.58. The molecule has 0 bridgehead atoms. The molecular formula is C27H29N5O5. The number of imide groups is 2. The van der Waals surface area contributed by atoms with Gasteiger partial charge in [-0.2, -0.15) is 0 Å². The first-order valence-electron chi connectivity index (χ1n) is 12.3. The number of carbonyl (C=O) groups excluding carboxylic acids is 3. The quantitative estimate of drug-likeness (QED) is 0.412. The van der Waals surface area contributed by atoms with E-state index in [9.17, 15) is 19.5 Å². The Morgan fingerprint density at radius 3 is 2.32 bits per heavy atom. The van der Waals surface area contributed by atoms with Gasteiger partial charge in [-0.1, -0.05) is 30.3 Å². The molecule has 1 aromatic heterocycles. The summed E-state index contributed by atoms with van der Waals surface area (Å²) in [6, 6.07) is 15.9. The number of aryl methyl sites for hydroxylation is 1. The van der Waals surface area contributed by atoms with Crippen LogP contribution in [-0.2, 0) is 21.7 Å². The molecule has 10 heteroatoms. The van der Waals surface area contributed by atoms with Crippen LogP contribution in [0.15, 0.2) is 54.6 Å². The molecule has 4 amide bonds. The molecule has 0 aliphatic carbocycles. The third kappa shape index (κ3) is 4.66. The molecule has 2 aromatic carbocycles.